The fourth-order valence-electron chi connectivity index (χ4n) is 5.52. The molecule has 3 atom stereocenters. The van der Waals surface area contributed by atoms with E-state index in [1.165, 1.54) is 0 Å². The Morgan fingerprint density at radius 1 is 0.921 bits per heavy atom. The average Bonchev–Trinajstić information content (AvgIpc) is 3.36. The van der Waals surface area contributed by atoms with Gasteiger partial charge in [0.1, 0.15) is 12.1 Å². The number of fused-ring (bicyclic) bond motifs is 1. The lowest BCUT2D eigenvalue weighted by atomic mass is 9.98. The van der Waals surface area contributed by atoms with E-state index in [1.54, 1.807) is 16.7 Å². The summed E-state index contributed by atoms with van der Waals surface area (Å²) >= 11 is 0. The highest BCUT2D eigenvalue weighted by molar-refractivity contribution is 5.93. The minimum Gasteiger partial charge on any atom is -0.343 e. The van der Waals surface area contributed by atoms with E-state index in [1.807, 2.05) is 67.6 Å². The summed E-state index contributed by atoms with van der Waals surface area (Å²) in [5.74, 6) is -0.764. The zero-order chi connectivity index (χ0) is 27.1. The van der Waals surface area contributed by atoms with E-state index >= 15 is 0 Å². The molecule has 38 heavy (non-hydrogen) atoms. The average molecular weight is 519 g/mol. The summed E-state index contributed by atoms with van der Waals surface area (Å²) in [7, 11) is 0. The second-order valence-electron chi connectivity index (χ2n) is 10.1. The van der Waals surface area contributed by atoms with Crippen molar-refractivity contribution in [3.05, 3.63) is 71.8 Å². The summed E-state index contributed by atoms with van der Waals surface area (Å²) in [6, 6.07) is 17.5. The predicted octanol–water partition coefficient (Wildman–Crippen LogP) is 3.18. The van der Waals surface area contributed by atoms with Gasteiger partial charge in [-0.25, -0.2) is 0 Å². The minimum atomic E-state index is -0.876. The van der Waals surface area contributed by atoms with E-state index in [4.69, 9.17) is 0 Å². The van der Waals surface area contributed by atoms with Gasteiger partial charge in [-0.05, 0) is 36.8 Å². The molecule has 4 rings (SSSR count). The van der Waals surface area contributed by atoms with Gasteiger partial charge in [-0.3, -0.25) is 19.2 Å². The lowest BCUT2D eigenvalue weighted by Crippen LogP contribution is -2.61. The Hall–Kier alpha value is -3.68. The highest BCUT2D eigenvalue weighted by Crippen LogP contribution is 2.31. The zero-order valence-corrected chi connectivity index (χ0v) is 22.3. The maximum absolute atomic E-state index is 13.9. The highest BCUT2D eigenvalue weighted by atomic mass is 16.2. The van der Waals surface area contributed by atoms with Crippen molar-refractivity contribution in [2.75, 3.05) is 13.1 Å². The maximum atomic E-state index is 13.9. The van der Waals surface area contributed by atoms with Gasteiger partial charge in [0.05, 0.1) is 6.04 Å². The van der Waals surface area contributed by atoms with Crippen molar-refractivity contribution in [1.82, 2.24) is 20.4 Å². The van der Waals surface area contributed by atoms with Crippen molar-refractivity contribution in [1.29, 1.82) is 0 Å². The Morgan fingerprint density at radius 2 is 1.55 bits per heavy atom. The van der Waals surface area contributed by atoms with E-state index in [0.29, 0.717) is 32.2 Å². The largest absolute Gasteiger partial charge is 0.343 e. The lowest BCUT2D eigenvalue weighted by Gasteiger charge is -2.39. The maximum Gasteiger partial charge on any atom is 0.247 e. The van der Waals surface area contributed by atoms with Gasteiger partial charge in [0.25, 0.3) is 0 Å². The SMILES string of the molecule is CCCC(=O)N1CC[C@H]2CCC(C(=O)NC(c3ccccc3)c3ccccc3)N2C(=O)C(NC(=O)CC)C1. The molecule has 2 unspecified atom stereocenters. The van der Waals surface area contributed by atoms with Crippen molar-refractivity contribution < 1.29 is 19.2 Å². The number of nitrogens with zero attached hydrogens (tertiary/aromatic N) is 2. The van der Waals surface area contributed by atoms with Crippen LogP contribution in [-0.4, -0.2) is 64.6 Å². The predicted molar refractivity (Wildman–Crippen MR) is 145 cm³/mol. The van der Waals surface area contributed by atoms with Gasteiger partial charge in [0.15, 0.2) is 0 Å². The van der Waals surface area contributed by atoms with Crippen LogP contribution in [0, 0.1) is 0 Å². The van der Waals surface area contributed by atoms with E-state index in [9.17, 15) is 19.2 Å². The number of nitrogens with one attached hydrogen (secondary N) is 2. The molecule has 2 N–H and O–H groups in total. The molecule has 0 saturated carbocycles. The molecule has 2 fully saturated rings. The molecule has 0 aliphatic carbocycles. The quantitative estimate of drug-likeness (QED) is 0.561. The number of hydrogen-bond acceptors (Lipinski definition) is 4. The second kappa shape index (κ2) is 12.7. The Bertz CT molecular complexity index is 1080. The van der Waals surface area contributed by atoms with E-state index in [-0.39, 0.29) is 48.7 Å². The number of carbonyl (C=O) groups excluding carboxylic acids is 4. The molecule has 0 aromatic heterocycles. The molecule has 8 heteroatoms. The molecule has 2 saturated heterocycles. The van der Waals surface area contributed by atoms with Gasteiger partial charge in [0.2, 0.25) is 23.6 Å². The molecule has 2 aromatic rings. The summed E-state index contributed by atoms with van der Waals surface area (Å²) in [4.78, 5) is 56.1. The monoisotopic (exact) mass is 518 g/mol. The first-order valence-electron chi connectivity index (χ1n) is 13.7. The zero-order valence-electron chi connectivity index (χ0n) is 22.3. The van der Waals surface area contributed by atoms with Crippen molar-refractivity contribution in [2.45, 2.75) is 76.5 Å². The van der Waals surface area contributed by atoms with Crippen LogP contribution in [-0.2, 0) is 19.2 Å². The molecule has 0 spiro atoms. The number of amides is 4. The van der Waals surface area contributed by atoms with Crippen LogP contribution in [0.25, 0.3) is 0 Å². The van der Waals surface area contributed by atoms with Crippen LogP contribution in [0.4, 0.5) is 0 Å². The Kier molecular flexibility index (Phi) is 9.15. The molecule has 202 valence electrons. The number of benzene rings is 2. The van der Waals surface area contributed by atoms with Crippen LogP contribution in [0.2, 0.25) is 0 Å². The Labute approximate surface area is 224 Å². The summed E-state index contributed by atoms with van der Waals surface area (Å²) < 4.78 is 0. The van der Waals surface area contributed by atoms with Crippen molar-refractivity contribution in [2.24, 2.45) is 0 Å². The smallest absolute Gasteiger partial charge is 0.247 e. The fraction of sp³-hybridized carbons (Fsp3) is 0.467. The third-order valence-corrected chi connectivity index (χ3v) is 7.52. The molecule has 2 aliphatic rings. The van der Waals surface area contributed by atoms with E-state index < -0.39 is 12.1 Å². The third-order valence-electron chi connectivity index (χ3n) is 7.52. The van der Waals surface area contributed by atoms with Crippen molar-refractivity contribution in [3.63, 3.8) is 0 Å². The molecule has 2 heterocycles. The summed E-state index contributed by atoms with van der Waals surface area (Å²) in [5, 5.41) is 6.03. The van der Waals surface area contributed by atoms with Crippen molar-refractivity contribution >= 4 is 23.6 Å². The van der Waals surface area contributed by atoms with E-state index in [0.717, 1.165) is 17.5 Å². The number of hydrogen-bond donors (Lipinski definition) is 2. The molecule has 2 aromatic carbocycles. The topological polar surface area (TPSA) is 98.8 Å². The molecule has 2 aliphatic heterocycles. The number of carbonyl (C=O) groups is 4. The highest BCUT2D eigenvalue weighted by Gasteiger charge is 2.45. The van der Waals surface area contributed by atoms with Crippen LogP contribution < -0.4 is 10.6 Å². The first-order chi connectivity index (χ1) is 18.4. The summed E-state index contributed by atoms with van der Waals surface area (Å²) in [5.41, 5.74) is 1.91. The first kappa shape index (κ1) is 27.4. The normalized spacial score (nSPS) is 21.4. The van der Waals surface area contributed by atoms with Gasteiger partial charge in [-0.1, -0.05) is 74.5 Å². The van der Waals surface area contributed by atoms with Gasteiger partial charge >= 0.3 is 0 Å². The van der Waals surface area contributed by atoms with Crippen LogP contribution in [0.15, 0.2) is 60.7 Å². The summed E-state index contributed by atoms with van der Waals surface area (Å²) in [6.45, 7) is 4.29. The Balaban J connectivity index is 1.58. The fourth-order valence-corrected chi connectivity index (χ4v) is 5.52. The van der Waals surface area contributed by atoms with E-state index in [2.05, 4.69) is 10.6 Å². The third kappa shape index (κ3) is 6.23. The molecule has 4 amide bonds. The standard InChI is InChI=1S/C30H38N4O4/c1-3-11-27(36)33-19-18-23-16-17-25(34(23)30(38)24(20-33)31-26(35)4-2)29(37)32-28(21-12-7-5-8-13-21)22-14-9-6-10-15-22/h5-10,12-15,23-25,28H,3-4,11,16-20H2,1-2H3,(H,31,35)(H,32,37)/t23-,24?,25?/m1/s1. The minimum absolute atomic E-state index is 0.00893. The van der Waals surface area contributed by atoms with Gasteiger partial charge in [-0.2, -0.15) is 0 Å². The molecular weight excluding hydrogens is 480 g/mol. The van der Waals surface area contributed by atoms with Crippen molar-refractivity contribution in [3.8, 4) is 0 Å². The van der Waals surface area contributed by atoms with Crippen LogP contribution in [0.1, 0.15) is 69.5 Å². The summed E-state index contributed by atoms with van der Waals surface area (Å²) in [6.07, 6.45) is 3.18. The van der Waals surface area contributed by atoms with Crippen LogP contribution >= 0.6 is 0 Å². The van der Waals surface area contributed by atoms with Gasteiger partial charge in [-0.15, -0.1) is 0 Å². The Morgan fingerprint density at radius 3 is 2.13 bits per heavy atom. The molecular formula is C30H38N4O4. The molecule has 0 radical (unpaired) electrons. The molecule has 8 nitrogen and oxygen atoms in total. The van der Waals surface area contributed by atoms with Gasteiger partial charge < -0.3 is 20.4 Å². The molecule has 0 bridgehead atoms. The lowest BCUT2D eigenvalue weighted by molar-refractivity contribution is -0.147. The second-order valence-corrected chi connectivity index (χ2v) is 10.1. The van der Waals surface area contributed by atoms with Crippen LogP contribution in [0.5, 0.6) is 0 Å². The first-order valence-corrected chi connectivity index (χ1v) is 13.7. The van der Waals surface area contributed by atoms with Gasteiger partial charge in [0, 0.05) is 32.0 Å². The van der Waals surface area contributed by atoms with Crippen LogP contribution in [0.3, 0.4) is 0 Å². The number of rotatable bonds is 8.